The van der Waals surface area contributed by atoms with Crippen LogP contribution in [0.3, 0.4) is 0 Å². The van der Waals surface area contributed by atoms with Crippen molar-refractivity contribution in [3.63, 3.8) is 0 Å². The summed E-state index contributed by atoms with van der Waals surface area (Å²) in [6.45, 7) is 0. The van der Waals surface area contributed by atoms with Crippen molar-refractivity contribution in [3.05, 3.63) is 35.2 Å². The second-order valence-electron chi connectivity index (χ2n) is 5.25. The van der Waals surface area contributed by atoms with Crippen molar-refractivity contribution in [3.8, 4) is 17.2 Å². The van der Waals surface area contributed by atoms with E-state index in [1.165, 1.54) is 0 Å². The number of Topliss-reactive ketones (excluding diaryl/α,β-unsaturated/α-hetero) is 1. The number of ether oxygens (including phenoxy) is 3. The third-order valence-electron chi connectivity index (χ3n) is 4.06. The molecule has 2 aromatic rings. The number of nitrogens with one attached hydrogen (secondary N) is 1. The van der Waals surface area contributed by atoms with Gasteiger partial charge in [0.2, 0.25) is 5.75 Å². The van der Waals surface area contributed by atoms with E-state index in [1.54, 1.807) is 27.5 Å². The lowest BCUT2D eigenvalue weighted by atomic mass is 9.82. The molecule has 22 heavy (non-hydrogen) atoms. The highest BCUT2D eigenvalue weighted by Gasteiger charge is 2.29. The Morgan fingerprint density at radius 3 is 2.36 bits per heavy atom. The third kappa shape index (κ3) is 2.30. The monoisotopic (exact) mass is 302 g/mol. The van der Waals surface area contributed by atoms with Crippen LogP contribution >= 0.6 is 0 Å². The minimum atomic E-state index is 0.0640. The molecule has 116 valence electrons. The average molecular weight is 302 g/mol. The van der Waals surface area contributed by atoms with Gasteiger partial charge in [0.15, 0.2) is 17.3 Å². The van der Waals surface area contributed by atoms with E-state index in [-0.39, 0.29) is 11.7 Å². The summed E-state index contributed by atoms with van der Waals surface area (Å²) in [5.41, 5.74) is 2.57. The van der Waals surface area contributed by atoms with Crippen LogP contribution < -0.4 is 14.2 Å². The molecule has 1 aliphatic carbocycles. The molecule has 1 aromatic heterocycles. The van der Waals surface area contributed by atoms with Gasteiger partial charge in [-0.05, 0) is 30.0 Å². The lowest BCUT2D eigenvalue weighted by molar-refractivity contribution is 0.0964. The Bertz CT molecular complexity index is 683. The molecule has 1 N–H and O–H groups in total. The van der Waals surface area contributed by atoms with E-state index in [0.717, 1.165) is 17.7 Å². The summed E-state index contributed by atoms with van der Waals surface area (Å²) in [7, 11) is 4.74. The number of nitrogens with zero attached hydrogens (tertiary/aromatic N) is 1. The van der Waals surface area contributed by atoms with Crippen LogP contribution in [0.2, 0.25) is 0 Å². The van der Waals surface area contributed by atoms with Crippen molar-refractivity contribution < 1.29 is 19.0 Å². The first-order valence-electron chi connectivity index (χ1n) is 7.03. The normalized spacial score (nSPS) is 17.0. The summed E-state index contributed by atoms with van der Waals surface area (Å²) in [6.07, 6.45) is 2.79. The van der Waals surface area contributed by atoms with Crippen LogP contribution in [-0.2, 0) is 6.42 Å². The fraction of sp³-hybridized carbons (Fsp3) is 0.375. The first-order valence-corrected chi connectivity index (χ1v) is 7.03. The first kappa shape index (κ1) is 14.4. The van der Waals surface area contributed by atoms with Crippen LogP contribution in [0.1, 0.15) is 34.0 Å². The molecule has 0 aliphatic heterocycles. The van der Waals surface area contributed by atoms with Crippen molar-refractivity contribution >= 4 is 5.78 Å². The number of hydrogen-bond donors (Lipinski definition) is 1. The maximum atomic E-state index is 12.2. The molecule has 0 spiro atoms. The van der Waals surface area contributed by atoms with E-state index in [4.69, 9.17) is 14.2 Å². The van der Waals surface area contributed by atoms with Crippen LogP contribution in [0.5, 0.6) is 17.2 Å². The molecular weight excluding hydrogens is 284 g/mol. The number of carbonyl (C=O) groups is 1. The Hall–Kier alpha value is -2.50. The smallest absolute Gasteiger partial charge is 0.203 e. The van der Waals surface area contributed by atoms with Gasteiger partial charge in [0, 0.05) is 12.1 Å². The molecule has 6 heteroatoms. The van der Waals surface area contributed by atoms with Crippen LogP contribution in [-0.4, -0.2) is 37.3 Å². The van der Waals surface area contributed by atoms with Crippen LogP contribution in [0, 0.1) is 0 Å². The molecule has 0 bridgehead atoms. The van der Waals surface area contributed by atoms with Crippen molar-refractivity contribution in [1.82, 2.24) is 10.2 Å². The number of hydrogen-bond acceptors (Lipinski definition) is 5. The van der Waals surface area contributed by atoms with Crippen LogP contribution in [0.15, 0.2) is 18.3 Å². The van der Waals surface area contributed by atoms with Crippen LogP contribution in [0.4, 0.5) is 0 Å². The van der Waals surface area contributed by atoms with Crippen molar-refractivity contribution in [2.45, 2.75) is 18.8 Å². The van der Waals surface area contributed by atoms with Gasteiger partial charge in [-0.2, -0.15) is 5.10 Å². The molecule has 0 saturated heterocycles. The standard InChI is InChI=1S/C16H18N2O4/c1-20-14-6-10(7-15(21-2)16(14)22-3)9-4-12-11(8-17-18-12)13(19)5-9/h6-9H,4-5H2,1-3H3,(H,17,18). The van der Waals surface area contributed by atoms with Gasteiger partial charge in [0.25, 0.3) is 0 Å². The number of ketones is 1. The molecule has 1 unspecified atom stereocenters. The van der Waals surface area contributed by atoms with Gasteiger partial charge in [-0.15, -0.1) is 0 Å². The Morgan fingerprint density at radius 1 is 1.09 bits per heavy atom. The Balaban J connectivity index is 2.01. The summed E-state index contributed by atoms with van der Waals surface area (Å²) in [4.78, 5) is 12.2. The van der Waals surface area contributed by atoms with Gasteiger partial charge in [-0.25, -0.2) is 0 Å². The van der Waals surface area contributed by atoms with E-state index in [0.29, 0.717) is 29.2 Å². The van der Waals surface area contributed by atoms with Gasteiger partial charge in [0.05, 0.1) is 33.1 Å². The third-order valence-corrected chi connectivity index (χ3v) is 4.06. The molecule has 0 radical (unpaired) electrons. The predicted octanol–water partition coefficient (Wildman–Crippen LogP) is 2.35. The Labute approximate surface area is 128 Å². The molecular formula is C16H18N2O4. The number of methoxy groups -OCH3 is 3. The molecule has 0 amide bonds. The van der Waals surface area contributed by atoms with Crippen molar-refractivity contribution in [1.29, 1.82) is 0 Å². The van der Waals surface area contributed by atoms with E-state index < -0.39 is 0 Å². The molecule has 1 atom stereocenters. The molecule has 0 fully saturated rings. The molecule has 0 saturated carbocycles. The highest BCUT2D eigenvalue weighted by molar-refractivity contribution is 5.98. The summed E-state index contributed by atoms with van der Waals surface area (Å²) >= 11 is 0. The van der Waals surface area contributed by atoms with E-state index in [2.05, 4.69) is 10.2 Å². The fourth-order valence-electron chi connectivity index (χ4n) is 2.93. The molecule has 3 rings (SSSR count). The number of aromatic nitrogens is 2. The summed E-state index contributed by atoms with van der Waals surface area (Å²) in [6, 6.07) is 3.81. The van der Waals surface area contributed by atoms with Gasteiger partial charge >= 0.3 is 0 Å². The number of aromatic amines is 1. The zero-order valence-electron chi connectivity index (χ0n) is 12.8. The largest absolute Gasteiger partial charge is 0.493 e. The second kappa shape index (κ2) is 5.71. The quantitative estimate of drug-likeness (QED) is 0.938. The zero-order valence-corrected chi connectivity index (χ0v) is 12.8. The SMILES string of the molecule is COc1cc(C2CC(=O)c3cn[nH]c3C2)cc(OC)c1OC. The lowest BCUT2D eigenvalue weighted by Crippen LogP contribution is -2.18. The number of carbonyl (C=O) groups excluding carboxylic acids is 1. The maximum absolute atomic E-state index is 12.2. The first-order chi connectivity index (χ1) is 10.7. The van der Waals surface area contributed by atoms with Gasteiger partial charge in [-0.3, -0.25) is 9.89 Å². The Morgan fingerprint density at radius 2 is 1.77 bits per heavy atom. The maximum Gasteiger partial charge on any atom is 0.203 e. The predicted molar refractivity (Wildman–Crippen MR) is 80.1 cm³/mol. The highest BCUT2D eigenvalue weighted by Crippen LogP contribution is 2.42. The number of benzene rings is 1. The van der Waals surface area contributed by atoms with E-state index >= 15 is 0 Å². The van der Waals surface area contributed by atoms with Gasteiger partial charge < -0.3 is 14.2 Å². The minimum absolute atomic E-state index is 0.0640. The Kier molecular flexibility index (Phi) is 3.75. The fourth-order valence-corrected chi connectivity index (χ4v) is 2.93. The van der Waals surface area contributed by atoms with Crippen molar-refractivity contribution in [2.75, 3.05) is 21.3 Å². The molecule has 6 nitrogen and oxygen atoms in total. The van der Waals surface area contributed by atoms with Crippen molar-refractivity contribution in [2.24, 2.45) is 0 Å². The minimum Gasteiger partial charge on any atom is -0.493 e. The number of fused-ring (bicyclic) bond motifs is 1. The molecule has 1 aliphatic rings. The average Bonchev–Trinajstić information content (AvgIpc) is 3.02. The second-order valence-corrected chi connectivity index (χ2v) is 5.25. The topological polar surface area (TPSA) is 73.4 Å². The zero-order chi connectivity index (χ0) is 15.7. The van der Waals surface area contributed by atoms with Gasteiger partial charge in [-0.1, -0.05) is 0 Å². The summed E-state index contributed by atoms with van der Waals surface area (Å²) in [5, 5.41) is 6.87. The van der Waals surface area contributed by atoms with Gasteiger partial charge in [0.1, 0.15) is 0 Å². The summed E-state index contributed by atoms with van der Waals surface area (Å²) < 4.78 is 16.1. The highest BCUT2D eigenvalue weighted by atomic mass is 16.5. The summed E-state index contributed by atoms with van der Waals surface area (Å²) in [5.74, 6) is 1.92. The molecule has 1 heterocycles. The van der Waals surface area contributed by atoms with E-state index in [1.807, 2.05) is 12.1 Å². The van der Waals surface area contributed by atoms with E-state index in [9.17, 15) is 4.79 Å². The number of rotatable bonds is 4. The lowest BCUT2D eigenvalue weighted by Gasteiger charge is -2.23. The van der Waals surface area contributed by atoms with Crippen LogP contribution in [0.25, 0.3) is 0 Å². The number of H-pyrrole nitrogens is 1. The molecule has 1 aromatic carbocycles.